The van der Waals surface area contributed by atoms with Gasteiger partial charge < -0.3 is 0 Å². The molecule has 0 saturated carbocycles. The zero-order valence-electron chi connectivity index (χ0n) is 12.4. The van der Waals surface area contributed by atoms with E-state index >= 15 is 4.39 Å². The van der Waals surface area contributed by atoms with E-state index in [0.717, 1.165) is 22.1 Å². The molecule has 0 aliphatic heterocycles. The van der Waals surface area contributed by atoms with Gasteiger partial charge in [0.2, 0.25) is 0 Å². The second-order valence-electron chi connectivity index (χ2n) is 6.14. The summed E-state index contributed by atoms with van der Waals surface area (Å²) in [5.74, 6) is 0. The van der Waals surface area contributed by atoms with E-state index in [-0.39, 0.29) is 0 Å². The van der Waals surface area contributed by atoms with Gasteiger partial charge in [0.05, 0.1) is 0 Å². The van der Waals surface area contributed by atoms with Gasteiger partial charge in [0.15, 0.2) is 0 Å². The minimum absolute atomic E-state index is 0.380. The van der Waals surface area contributed by atoms with Gasteiger partial charge >= 0.3 is 0 Å². The first kappa shape index (κ1) is 13.3. The zero-order valence-corrected chi connectivity index (χ0v) is 12.4. The van der Waals surface area contributed by atoms with E-state index in [1.807, 2.05) is 42.5 Å². The SMILES string of the molecule is C=C1c2ccccc2C[C@]1(F)Cc1ccc2ccccc2c1. The fourth-order valence-electron chi connectivity index (χ4n) is 3.46. The summed E-state index contributed by atoms with van der Waals surface area (Å²) in [6, 6.07) is 22.3. The maximum atomic E-state index is 15.5. The second kappa shape index (κ2) is 4.81. The van der Waals surface area contributed by atoms with E-state index in [9.17, 15) is 0 Å². The van der Waals surface area contributed by atoms with Crippen molar-refractivity contribution in [3.63, 3.8) is 0 Å². The molecule has 1 atom stereocenters. The third-order valence-electron chi connectivity index (χ3n) is 4.65. The first-order valence-electron chi connectivity index (χ1n) is 7.60. The van der Waals surface area contributed by atoms with Crippen molar-refractivity contribution in [1.82, 2.24) is 0 Å². The quantitative estimate of drug-likeness (QED) is 0.595. The standard InChI is InChI=1S/C21H17F/c1-15-20-9-5-4-8-19(20)14-21(15,22)13-16-10-11-17-6-2-3-7-18(17)12-16/h2-12H,1,13-14H2/t21-/m1/s1. The van der Waals surface area contributed by atoms with Crippen LogP contribution in [0.5, 0.6) is 0 Å². The average Bonchev–Trinajstić information content (AvgIpc) is 2.79. The molecule has 4 rings (SSSR count). The van der Waals surface area contributed by atoms with Crippen LogP contribution in [0.1, 0.15) is 16.7 Å². The monoisotopic (exact) mass is 288 g/mol. The fraction of sp³-hybridized carbons (Fsp3) is 0.143. The normalized spacial score (nSPS) is 20.3. The molecule has 1 heteroatoms. The fourth-order valence-corrected chi connectivity index (χ4v) is 3.46. The molecule has 3 aromatic rings. The predicted octanol–water partition coefficient (Wildman–Crippen LogP) is 5.36. The molecule has 0 bridgehead atoms. The minimum Gasteiger partial charge on any atom is -0.238 e. The van der Waals surface area contributed by atoms with Crippen LogP contribution in [0.25, 0.3) is 16.3 Å². The third-order valence-corrected chi connectivity index (χ3v) is 4.65. The van der Waals surface area contributed by atoms with Crippen molar-refractivity contribution in [3.8, 4) is 0 Å². The molecule has 1 aliphatic rings. The first-order chi connectivity index (χ1) is 10.7. The van der Waals surface area contributed by atoms with Crippen LogP contribution in [0, 0.1) is 0 Å². The summed E-state index contributed by atoms with van der Waals surface area (Å²) >= 11 is 0. The van der Waals surface area contributed by atoms with Crippen molar-refractivity contribution >= 4 is 16.3 Å². The van der Waals surface area contributed by atoms with Gasteiger partial charge in [-0.1, -0.05) is 73.3 Å². The van der Waals surface area contributed by atoms with Gasteiger partial charge in [-0.05, 0) is 33.0 Å². The Morgan fingerprint density at radius 2 is 1.64 bits per heavy atom. The van der Waals surface area contributed by atoms with Crippen molar-refractivity contribution in [2.24, 2.45) is 0 Å². The van der Waals surface area contributed by atoms with Crippen molar-refractivity contribution < 1.29 is 4.39 Å². The molecule has 0 aromatic heterocycles. The van der Waals surface area contributed by atoms with Gasteiger partial charge in [0.1, 0.15) is 5.67 Å². The van der Waals surface area contributed by atoms with Crippen LogP contribution in [0.4, 0.5) is 4.39 Å². The van der Waals surface area contributed by atoms with Crippen LogP contribution in [0.2, 0.25) is 0 Å². The number of benzene rings is 3. The Labute approximate surface area is 129 Å². The molecule has 0 nitrogen and oxygen atoms in total. The number of hydrogen-bond donors (Lipinski definition) is 0. The third kappa shape index (κ3) is 2.05. The zero-order chi connectivity index (χ0) is 15.2. The van der Waals surface area contributed by atoms with Gasteiger partial charge in [-0.2, -0.15) is 0 Å². The Bertz CT molecular complexity index is 878. The van der Waals surface area contributed by atoms with Crippen LogP contribution in [-0.2, 0) is 12.8 Å². The topological polar surface area (TPSA) is 0 Å². The number of hydrogen-bond acceptors (Lipinski definition) is 0. The van der Waals surface area contributed by atoms with Crippen molar-refractivity contribution in [2.45, 2.75) is 18.5 Å². The van der Waals surface area contributed by atoms with Crippen molar-refractivity contribution in [1.29, 1.82) is 0 Å². The van der Waals surface area contributed by atoms with E-state index in [1.54, 1.807) is 0 Å². The molecule has 0 fully saturated rings. The molecule has 0 unspecified atom stereocenters. The Balaban J connectivity index is 1.69. The maximum Gasteiger partial charge on any atom is 0.144 e. The van der Waals surface area contributed by atoms with Crippen molar-refractivity contribution in [2.75, 3.05) is 0 Å². The summed E-state index contributed by atoms with van der Waals surface area (Å²) in [5.41, 5.74) is 2.32. The lowest BCUT2D eigenvalue weighted by molar-refractivity contribution is 0.251. The molecule has 0 amide bonds. The van der Waals surface area contributed by atoms with E-state index in [4.69, 9.17) is 0 Å². The summed E-state index contributed by atoms with van der Waals surface area (Å²) in [6.45, 7) is 4.03. The van der Waals surface area contributed by atoms with Crippen molar-refractivity contribution in [3.05, 3.63) is 90.0 Å². The van der Waals surface area contributed by atoms with Crippen LogP contribution in [-0.4, -0.2) is 5.67 Å². The Hall–Kier alpha value is -2.41. The maximum absolute atomic E-state index is 15.5. The van der Waals surface area contributed by atoms with Crippen LogP contribution < -0.4 is 0 Å². The average molecular weight is 288 g/mol. The first-order valence-corrected chi connectivity index (χ1v) is 7.60. The summed E-state index contributed by atoms with van der Waals surface area (Å²) in [5, 5.41) is 2.34. The lowest BCUT2D eigenvalue weighted by Crippen LogP contribution is -2.25. The van der Waals surface area contributed by atoms with E-state index < -0.39 is 5.67 Å². The molecule has 0 N–H and O–H groups in total. The molecule has 22 heavy (non-hydrogen) atoms. The van der Waals surface area contributed by atoms with Gasteiger partial charge in [-0.3, -0.25) is 0 Å². The number of allylic oxidation sites excluding steroid dienone is 1. The molecule has 3 aromatic carbocycles. The molecule has 1 aliphatic carbocycles. The lowest BCUT2D eigenvalue weighted by Gasteiger charge is -2.21. The molecule has 0 heterocycles. The van der Waals surface area contributed by atoms with Crippen LogP contribution in [0.3, 0.4) is 0 Å². The Morgan fingerprint density at radius 3 is 2.45 bits per heavy atom. The molecule has 0 spiro atoms. The molecular formula is C21H17F. The number of halogens is 1. The van der Waals surface area contributed by atoms with Crippen LogP contribution >= 0.6 is 0 Å². The number of rotatable bonds is 2. The summed E-state index contributed by atoms with van der Waals surface area (Å²) < 4.78 is 15.5. The highest BCUT2D eigenvalue weighted by atomic mass is 19.1. The van der Waals surface area contributed by atoms with E-state index in [0.29, 0.717) is 18.4 Å². The number of fused-ring (bicyclic) bond motifs is 2. The second-order valence-corrected chi connectivity index (χ2v) is 6.14. The lowest BCUT2D eigenvalue weighted by atomic mass is 9.89. The van der Waals surface area contributed by atoms with E-state index in [2.05, 4.69) is 30.8 Å². The van der Waals surface area contributed by atoms with E-state index in [1.165, 1.54) is 5.39 Å². The predicted molar refractivity (Wildman–Crippen MR) is 90.7 cm³/mol. The van der Waals surface area contributed by atoms with Gasteiger partial charge in [-0.15, -0.1) is 0 Å². The largest absolute Gasteiger partial charge is 0.238 e. The molecule has 108 valence electrons. The molecule has 0 radical (unpaired) electrons. The molecule has 0 saturated heterocycles. The van der Waals surface area contributed by atoms with Gasteiger partial charge in [0, 0.05) is 12.8 Å². The van der Waals surface area contributed by atoms with Gasteiger partial charge in [0.25, 0.3) is 0 Å². The van der Waals surface area contributed by atoms with Crippen LogP contribution in [0.15, 0.2) is 73.3 Å². The number of alkyl halides is 1. The summed E-state index contributed by atoms with van der Waals surface area (Å²) in [4.78, 5) is 0. The smallest absolute Gasteiger partial charge is 0.144 e. The Morgan fingerprint density at radius 1 is 0.909 bits per heavy atom. The van der Waals surface area contributed by atoms with Gasteiger partial charge in [-0.25, -0.2) is 4.39 Å². The highest BCUT2D eigenvalue weighted by Crippen LogP contribution is 2.44. The summed E-state index contributed by atoms with van der Waals surface area (Å²) in [7, 11) is 0. The highest BCUT2D eigenvalue weighted by molar-refractivity contribution is 5.83. The summed E-state index contributed by atoms with van der Waals surface area (Å²) in [6.07, 6.45) is 0.806. The Kier molecular flexibility index (Phi) is 2.90. The highest BCUT2D eigenvalue weighted by Gasteiger charge is 2.40. The minimum atomic E-state index is -1.37. The molecular weight excluding hydrogens is 271 g/mol.